The molecule has 0 fully saturated rings. The number of nitrogens with two attached hydrogens (primary N) is 1. The second-order valence-electron chi connectivity index (χ2n) is 4.03. The van der Waals surface area contributed by atoms with E-state index in [-0.39, 0.29) is 12.4 Å². The Labute approximate surface area is 127 Å². The van der Waals surface area contributed by atoms with Crippen LogP contribution < -0.4 is 5.73 Å². The molecule has 2 N–H and O–H groups in total. The molecule has 0 bridgehead atoms. The number of halogens is 2. The fourth-order valence-corrected chi connectivity index (χ4v) is 2.90. The third-order valence-corrected chi connectivity index (χ3v) is 4.18. The summed E-state index contributed by atoms with van der Waals surface area (Å²) in [5.41, 5.74) is 7.00. The summed E-state index contributed by atoms with van der Waals surface area (Å²) in [4.78, 5) is 0.997. The van der Waals surface area contributed by atoms with Crippen molar-refractivity contribution in [2.24, 2.45) is 5.73 Å². The van der Waals surface area contributed by atoms with Gasteiger partial charge in [0.05, 0.1) is 11.6 Å². The van der Waals surface area contributed by atoms with Crippen molar-refractivity contribution in [3.8, 4) is 11.8 Å². The summed E-state index contributed by atoms with van der Waals surface area (Å²) in [6.45, 7) is 0.258. The lowest BCUT2D eigenvalue weighted by Gasteiger charge is -2.06. The molecular weight excluding hydrogens is 293 g/mol. The molecule has 0 saturated carbocycles. The van der Waals surface area contributed by atoms with Crippen molar-refractivity contribution in [1.82, 2.24) is 0 Å². The molecule has 102 valence electrons. The summed E-state index contributed by atoms with van der Waals surface area (Å²) in [5.74, 6) is 6.05. The van der Waals surface area contributed by atoms with E-state index in [1.165, 1.54) is 12.1 Å². The smallest absolute Gasteiger partial charge is 0.124 e. The van der Waals surface area contributed by atoms with Crippen molar-refractivity contribution in [2.45, 2.75) is 10.6 Å². The van der Waals surface area contributed by atoms with E-state index >= 15 is 0 Å². The SMILES string of the molecule is NCC#Cc1cc(F)ccc1CSc1ccccc1Cl. The van der Waals surface area contributed by atoms with Gasteiger partial charge in [0.15, 0.2) is 0 Å². The van der Waals surface area contributed by atoms with Crippen LogP contribution in [0.3, 0.4) is 0 Å². The molecule has 0 heterocycles. The van der Waals surface area contributed by atoms with Gasteiger partial charge in [-0.15, -0.1) is 11.8 Å². The molecule has 0 aromatic heterocycles. The standard InChI is InChI=1S/C16H13ClFNS/c17-15-5-1-2-6-16(15)20-11-13-7-8-14(18)10-12(13)4-3-9-19/h1-2,5-8,10H,9,11,19H2. The average Bonchev–Trinajstić information content (AvgIpc) is 2.45. The van der Waals surface area contributed by atoms with Gasteiger partial charge in [-0.3, -0.25) is 0 Å². The lowest BCUT2D eigenvalue weighted by molar-refractivity contribution is 0.627. The largest absolute Gasteiger partial charge is 0.320 e. The number of hydrogen-bond donors (Lipinski definition) is 1. The van der Waals surface area contributed by atoms with Crippen LogP contribution in [0.2, 0.25) is 5.02 Å². The zero-order chi connectivity index (χ0) is 14.4. The molecule has 0 spiro atoms. The maximum atomic E-state index is 13.3. The Morgan fingerprint density at radius 2 is 2.00 bits per heavy atom. The molecule has 0 aliphatic rings. The van der Waals surface area contributed by atoms with Crippen LogP contribution in [0.25, 0.3) is 0 Å². The van der Waals surface area contributed by atoms with E-state index in [0.717, 1.165) is 10.5 Å². The first-order valence-electron chi connectivity index (χ1n) is 6.05. The summed E-state index contributed by atoms with van der Waals surface area (Å²) in [5, 5.41) is 0.717. The average molecular weight is 306 g/mol. The predicted octanol–water partition coefficient (Wildman–Crippen LogP) is 4.08. The number of benzene rings is 2. The van der Waals surface area contributed by atoms with E-state index < -0.39 is 0 Å². The maximum Gasteiger partial charge on any atom is 0.124 e. The van der Waals surface area contributed by atoms with Crippen molar-refractivity contribution >= 4 is 23.4 Å². The van der Waals surface area contributed by atoms with Crippen molar-refractivity contribution in [1.29, 1.82) is 0 Å². The molecule has 0 amide bonds. The maximum absolute atomic E-state index is 13.3. The zero-order valence-corrected chi connectivity index (χ0v) is 12.3. The predicted molar refractivity (Wildman–Crippen MR) is 83.3 cm³/mol. The Morgan fingerprint density at radius 1 is 1.20 bits per heavy atom. The summed E-state index contributed by atoms with van der Waals surface area (Å²) >= 11 is 7.71. The lowest BCUT2D eigenvalue weighted by Crippen LogP contribution is -1.95. The minimum Gasteiger partial charge on any atom is -0.320 e. The minimum atomic E-state index is -0.294. The third-order valence-electron chi connectivity index (χ3n) is 2.62. The summed E-state index contributed by atoms with van der Waals surface area (Å²) in [6.07, 6.45) is 0. The molecule has 20 heavy (non-hydrogen) atoms. The van der Waals surface area contributed by atoms with E-state index in [9.17, 15) is 4.39 Å². The Bertz CT molecular complexity index is 661. The number of hydrogen-bond acceptors (Lipinski definition) is 2. The van der Waals surface area contributed by atoms with Crippen LogP contribution in [-0.4, -0.2) is 6.54 Å². The van der Waals surface area contributed by atoms with Gasteiger partial charge in [0.2, 0.25) is 0 Å². The van der Waals surface area contributed by atoms with Gasteiger partial charge in [0, 0.05) is 16.2 Å². The van der Waals surface area contributed by atoms with E-state index in [4.69, 9.17) is 17.3 Å². The summed E-state index contributed by atoms with van der Waals surface area (Å²) < 4.78 is 13.3. The number of rotatable bonds is 3. The van der Waals surface area contributed by atoms with Gasteiger partial charge in [0.1, 0.15) is 5.82 Å². The highest BCUT2D eigenvalue weighted by atomic mass is 35.5. The van der Waals surface area contributed by atoms with Gasteiger partial charge in [-0.1, -0.05) is 41.6 Å². The topological polar surface area (TPSA) is 26.0 Å². The van der Waals surface area contributed by atoms with E-state index in [1.807, 2.05) is 24.3 Å². The Hall–Kier alpha value is -1.47. The fraction of sp³-hybridized carbons (Fsp3) is 0.125. The zero-order valence-electron chi connectivity index (χ0n) is 10.7. The van der Waals surface area contributed by atoms with E-state index in [1.54, 1.807) is 17.8 Å². The first-order valence-corrected chi connectivity index (χ1v) is 7.42. The number of thioether (sulfide) groups is 1. The second kappa shape index (κ2) is 7.35. The third kappa shape index (κ3) is 4.01. The first-order chi connectivity index (χ1) is 9.70. The van der Waals surface area contributed by atoms with Crippen LogP contribution in [0.5, 0.6) is 0 Å². The molecular formula is C16H13ClFNS. The Balaban J connectivity index is 2.19. The van der Waals surface area contributed by atoms with Crippen LogP contribution in [0.15, 0.2) is 47.4 Å². The molecule has 1 nitrogen and oxygen atoms in total. The van der Waals surface area contributed by atoms with Crippen LogP contribution in [0, 0.1) is 17.7 Å². The summed E-state index contributed by atoms with van der Waals surface area (Å²) in [7, 11) is 0. The molecule has 4 heteroatoms. The van der Waals surface area contributed by atoms with Crippen LogP contribution in [0.4, 0.5) is 4.39 Å². The highest BCUT2D eigenvalue weighted by molar-refractivity contribution is 7.98. The van der Waals surface area contributed by atoms with Gasteiger partial charge in [-0.05, 0) is 29.8 Å². The van der Waals surface area contributed by atoms with E-state index in [0.29, 0.717) is 16.3 Å². The second-order valence-corrected chi connectivity index (χ2v) is 5.45. The molecule has 2 aromatic rings. The van der Waals surface area contributed by atoms with Crippen LogP contribution in [0.1, 0.15) is 11.1 Å². The molecule has 0 atom stereocenters. The lowest BCUT2D eigenvalue weighted by atomic mass is 10.1. The molecule has 0 unspecified atom stereocenters. The van der Waals surface area contributed by atoms with Crippen molar-refractivity contribution in [3.05, 3.63) is 64.4 Å². The van der Waals surface area contributed by atoms with Crippen LogP contribution >= 0.6 is 23.4 Å². The Morgan fingerprint density at radius 3 is 2.75 bits per heavy atom. The van der Waals surface area contributed by atoms with Crippen molar-refractivity contribution in [3.63, 3.8) is 0 Å². The molecule has 0 radical (unpaired) electrons. The quantitative estimate of drug-likeness (QED) is 0.683. The fourth-order valence-electron chi connectivity index (χ4n) is 1.65. The minimum absolute atomic E-state index is 0.258. The highest BCUT2D eigenvalue weighted by Gasteiger charge is 2.05. The van der Waals surface area contributed by atoms with Gasteiger partial charge < -0.3 is 5.73 Å². The highest BCUT2D eigenvalue weighted by Crippen LogP contribution is 2.30. The normalized spacial score (nSPS) is 9.95. The molecule has 2 rings (SSSR count). The molecule has 0 aliphatic heterocycles. The Kier molecular flexibility index (Phi) is 5.49. The van der Waals surface area contributed by atoms with Crippen molar-refractivity contribution < 1.29 is 4.39 Å². The van der Waals surface area contributed by atoms with Gasteiger partial charge in [0.25, 0.3) is 0 Å². The summed E-state index contributed by atoms with van der Waals surface area (Å²) in [6, 6.07) is 12.3. The first kappa shape index (κ1) is 14.9. The molecule has 0 aliphatic carbocycles. The molecule has 2 aromatic carbocycles. The monoisotopic (exact) mass is 305 g/mol. The van der Waals surface area contributed by atoms with Gasteiger partial charge in [-0.2, -0.15) is 0 Å². The van der Waals surface area contributed by atoms with Gasteiger partial charge in [-0.25, -0.2) is 4.39 Å². The van der Waals surface area contributed by atoms with Crippen LogP contribution in [-0.2, 0) is 5.75 Å². The van der Waals surface area contributed by atoms with Crippen molar-refractivity contribution in [2.75, 3.05) is 6.54 Å². The van der Waals surface area contributed by atoms with E-state index in [2.05, 4.69) is 11.8 Å². The van der Waals surface area contributed by atoms with Gasteiger partial charge >= 0.3 is 0 Å². The molecule has 0 saturated heterocycles.